The summed E-state index contributed by atoms with van der Waals surface area (Å²) in [6, 6.07) is 15.3. The molecule has 21 heavy (non-hydrogen) atoms. The van der Waals surface area contributed by atoms with Crippen LogP contribution in [0.2, 0.25) is 0 Å². The van der Waals surface area contributed by atoms with E-state index in [0.717, 1.165) is 36.0 Å². The molecule has 0 aliphatic heterocycles. The fourth-order valence-electron chi connectivity index (χ4n) is 2.44. The smallest absolute Gasteiger partial charge is 0.123 e. The third kappa shape index (κ3) is 5.25. The summed E-state index contributed by atoms with van der Waals surface area (Å²) in [6.07, 6.45) is 1.96. The van der Waals surface area contributed by atoms with E-state index < -0.39 is 0 Å². The molecule has 0 bridgehead atoms. The molecule has 112 valence electrons. The van der Waals surface area contributed by atoms with Crippen LogP contribution in [0.25, 0.3) is 0 Å². The molecule has 0 fully saturated rings. The Morgan fingerprint density at radius 3 is 2.57 bits per heavy atom. The molecule has 2 rings (SSSR count). The van der Waals surface area contributed by atoms with E-state index in [0.29, 0.717) is 5.92 Å². The highest BCUT2D eigenvalue weighted by Crippen LogP contribution is 2.23. The highest BCUT2D eigenvalue weighted by Gasteiger charge is 2.12. The van der Waals surface area contributed by atoms with Crippen molar-refractivity contribution in [3.8, 4) is 0 Å². The van der Waals surface area contributed by atoms with Crippen LogP contribution in [0.4, 0.5) is 4.39 Å². The Morgan fingerprint density at radius 2 is 1.90 bits per heavy atom. The van der Waals surface area contributed by atoms with Crippen molar-refractivity contribution in [2.45, 2.75) is 25.7 Å². The first-order chi connectivity index (χ1) is 10.2. The highest BCUT2D eigenvalue weighted by atomic mass is 79.9. The molecule has 0 aliphatic rings. The van der Waals surface area contributed by atoms with Gasteiger partial charge in [-0.25, -0.2) is 4.39 Å². The van der Waals surface area contributed by atoms with Gasteiger partial charge in [0.15, 0.2) is 0 Å². The average Bonchev–Trinajstić information content (AvgIpc) is 2.47. The van der Waals surface area contributed by atoms with Crippen molar-refractivity contribution in [3.05, 3.63) is 69.9 Å². The van der Waals surface area contributed by atoms with Gasteiger partial charge in [-0.1, -0.05) is 47.1 Å². The maximum Gasteiger partial charge on any atom is 0.123 e. The molecule has 0 saturated carbocycles. The lowest BCUT2D eigenvalue weighted by Gasteiger charge is -2.18. The van der Waals surface area contributed by atoms with Crippen molar-refractivity contribution in [1.82, 2.24) is 5.32 Å². The maximum absolute atomic E-state index is 13.4. The topological polar surface area (TPSA) is 12.0 Å². The molecule has 0 aliphatic carbocycles. The third-order valence-electron chi connectivity index (χ3n) is 3.53. The largest absolute Gasteiger partial charge is 0.316 e. The zero-order valence-electron chi connectivity index (χ0n) is 12.3. The van der Waals surface area contributed by atoms with E-state index in [1.807, 2.05) is 6.07 Å². The lowest BCUT2D eigenvalue weighted by Crippen LogP contribution is -2.23. The molecular formula is C18H21BrFN. The summed E-state index contributed by atoms with van der Waals surface area (Å²) in [5.41, 5.74) is 2.33. The van der Waals surface area contributed by atoms with Crippen molar-refractivity contribution in [2.24, 2.45) is 0 Å². The van der Waals surface area contributed by atoms with E-state index in [4.69, 9.17) is 0 Å². The van der Waals surface area contributed by atoms with E-state index in [9.17, 15) is 4.39 Å². The molecule has 0 saturated heterocycles. The van der Waals surface area contributed by atoms with Crippen molar-refractivity contribution in [1.29, 1.82) is 0 Å². The zero-order valence-corrected chi connectivity index (χ0v) is 13.9. The van der Waals surface area contributed by atoms with Gasteiger partial charge in [0.25, 0.3) is 0 Å². The number of halogens is 2. The van der Waals surface area contributed by atoms with Gasteiger partial charge in [-0.3, -0.25) is 0 Å². The van der Waals surface area contributed by atoms with Crippen LogP contribution in [0, 0.1) is 5.82 Å². The molecule has 3 heteroatoms. The third-order valence-corrected chi connectivity index (χ3v) is 4.06. The van der Waals surface area contributed by atoms with Crippen LogP contribution in [0.15, 0.2) is 53.0 Å². The van der Waals surface area contributed by atoms with Gasteiger partial charge in [0.2, 0.25) is 0 Å². The molecule has 2 aromatic carbocycles. The normalized spacial score (nSPS) is 12.3. The first-order valence-corrected chi connectivity index (χ1v) is 8.19. The minimum absolute atomic E-state index is 0.163. The first-order valence-electron chi connectivity index (χ1n) is 7.39. The number of hydrogen-bond acceptors (Lipinski definition) is 1. The summed E-state index contributed by atoms with van der Waals surface area (Å²) in [5, 5.41) is 3.48. The number of hydrogen-bond donors (Lipinski definition) is 1. The van der Waals surface area contributed by atoms with Crippen LogP contribution in [0.1, 0.15) is 30.4 Å². The van der Waals surface area contributed by atoms with Crippen LogP contribution in [0.5, 0.6) is 0 Å². The summed E-state index contributed by atoms with van der Waals surface area (Å²) in [6.45, 7) is 4.08. The highest BCUT2D eigenvalue weighted by molar-refractivity contribution is 9.10. The van der Waals surface area contributed by atoms with Gasteiger partial charge in [0.05, 0.1) is 0 Å². The second-order valence-electron chi connectivity index (χ2n) is 5.29. The molecule has 0 amide bonds. The van der Waals surface area contributed by atoms with Crippen molar-refractivity contribution in [2.75, 3.05) is 13.1 Å². The first kappa shape index (κ1) is 16.2. The van der Waals surface area contributed by atoms with E-state index >= 15 is 0 Å². The molecule has 0 heterocycles. The van der Waals surface area contributed by atoms with E-state index in [1.54, 1.807) is 12.1 Å². The summed E-state index contributed by atoms with van der Waals surface area (Å²) < 4.78 is 14.4. The van der Waals surface area contributed by atoms with Crippen molar-refractivity contribution >= 4 is 15.9 Å². The fraction of sp³-hybridized carbons (Fsp3) is 0.333. The van der Waals surface area contributed by atoms with Gasteiger partial charge in [0, 0.05) is 16.9 Å². The monoisotopic (exact) mass is 349 g/mol. The van der Waals surface area contributed by atoms with Gasteiger partial charge < -0.3 is 5.32 Å². The Bertz CT molecular complexity index is 553. The van der Waals surface area contributed by atoms with Crippen LogP contribution in [0.3, 0.4) is 0 Å². The molecule has 2 aromatic rings. The van der Waals surface area contributed by atoms with Gasteiger partial charge in [-0.2, -0.15) is 0 Å². The van der Waals surface area contributed by atoms with Gasteiger partial charge >= 0.3 is 0 Å². The summed E-state index contributed by atoms with van der Waals surface area (Å²) >= 11 is 3.47. The molecule has 0 radical (unpaired) electrons. The summed E-state index contributed by atoms with van der Waals surface area (Å²) in [5.74, 6) is 0.190. The van der Waals surface area contributed by atoms with E-state index in [1.165, 1.54) is 11.6 Å². The number of benzene rings is 2. The number of rotatable bonds is 7. The minimum atomic E-state index is -0.163. The minimum Gasteiger partial charge on any atom is -0.316 e. The quantitative estimate of drug-likeness (QED) is 0.700. The molecule has 0 aromatic heterocycles. The number of nitrogens with one attached hydrogen (secondary N) is 1. The van der Waals surface area contributed by atoms with Crippen LogP contribution in [-0.4, -0.2) is 13.1 Å². The Hall–Kier alpha value is -1.19. The Labute approximate surface area is 134 Å². The predicted molar refractivity (Wildman–Crippen MR) is 90.1 cm³/mol. The van der Waals surface area contributed by atoms with Crippen LogP contribution >= 0.6 is 15.9 Å². The van der Waals surface area contributed by atoms with Crippen molar-refractivity contribution < 1.29 is 4.39 Å². The molecule has 1 atom stereocenters. The van der Waals surface area contributed by atoms with Crippen LogP contribution < -0.4 is 5.32 Å². The second kappa shape index (κ2) is 8.30. The Kier molecular flexibility index (Phi) is 6.40. The second-order valence-corrected chi connectivity index (χ2v) is 6.20. The summed E-state index contributed by atoms with van der Waals surface area (Å²) in [4.78, 5) is 0. The lowest BCUT2D eigenvalue weighted by molar-refractivity contribution is 0.573. The lowest BCUT2D eigenvalue weighted by atomic mass is 9.92. The predicted octanol–water partition coefficient (Wildman–Crippen LogP) is 4.91. The average molecular weight is 350 g/mol. The van der Waals surface area contributed by atoms with Crippen LogP contribution in [-0.2, 0) is 6.42 Å². The SMILES string of the molecule is CCCNCC(Cc1cccc(F)c1)c1ccc(Br)cc1. The van der Waals surface area contributed by atoms with Gasteiger partial charge in [0.1, 0.15) is 5.82 Å². The maximum atomic E-state index is 13.4. The standard InChI is InChI=1S/C18H21BrFN/c1-2-10-21-13-16(15-6-8-17(19)9-7-15)11-14-4-3-5-18(20)12-14/h3-9,12,16,21H,2,10-11,13H2,1H3. The van der Waals surface area contributed by atoms with Gasteiger partial charge in [-0.15, -0.1) is 0 Å². The van der Waals surface area contributed by atoms with E-state index in [2.05, 4.69) is 52.4 Å². The molecule has 1 N–H and O–H groups in total. The fourth-order valence-corrected chi connectivity index (χ4v) is 2.71. The Morgan fingerprint density at radius 1 is 1.14 bits per heavy atom. The van der Waals surface area contributed by atoms with E-state index in [-0.39, 0.29) is 5.82 Å². The molecule has 1 unspecified atom stereocenters. The molecular weight excluding hydrogens is 329 g/mol. The zero-order chi connectivity index (χ0) is 15.1. The molecule has 0 spiro atoms. The Balaban J connectivity index is 2.13. The van der Waals surface area contributed by atoms with Crippen molar-refractivity contribution in [3.63, 3.8) is 0 Å². The van der Waals surface area contributed by atoms with Gasteiger partial charge in [-0.05, 0) is 54.8 Å². The summed E-state index contributed by atoms with van der Waals surface area (Å²) in [7, 11) is 0. The molecule has 1 nitrogen and oxygen atoms in total.